The first-order valence-corrected chi connectivity index (χ1v) is 9.73. The second-order valence-corrected chi connectivity index (χ2v) is 8.78. The van der Waals surface area contributed by atoms with E-state index in [2.05, 4.69) is 5.32 Å². The topological polar surface area (TPSA) is 66.5 Å². The van der Waals surface area contributed by atoms with E-state index >= 15 is 0 Å². The number of aryl methyl sites for hydroxylation is 1. The van der Waals surface area contributed by atoms with E-state index in [1.54, 1.807) is 0 Å². The smallest absolute Gasteiger partial charge is 0.221 e. The minimum Gasteiger partial charge on any atom is -0.351 e. The van der Waals surface area contributed by atoms with Gasteiger partial charge in [-0.15, -0.1) is 0 Å². The van der Waals surface area contributed by atoms with Crippen molar-refractivity contribution >= 4 is 15.9 Å². The van der Waals surface area contributed by atoms with E-state index in [1.807, 2.05) is 51.1 Å². The molecule has 1 rings (SSSR count). The molecule has 6 heteroatoms. The molecular formula is C17H28N2O3S. The van der Waals surface area contributed by atoms with Gasteiger partial charge in [0.1, 0.15) is 0 Å². The van der Waals surface area contributed by atoms with E-state index in [-0.39, 0.29) is 24.4 Å². The Morgan fingerprint density at radius 1 is 1.13 bits per heavy atom. The van der Waals surface area contributed by atoms with Crippen LogP contribution in [-0.2, 0) is 21.2 Å². The van der Waals surface area contributed by atoms with Crippen molar-refractivity contribution < 1.29 is 13.2 Å². The van der Waals surface area contributed by atoms with Crippen molar-refractivity contribution in [2.45, 2.75) is 45.6 Å². The summed E-state index contributed by atoms with van der Waals surface area (Å²) in [6.07, 6.45) is 2.92. The summed E-state index contributed by atoms with van der Waals surface area (Å²) < 4.78 is 25.1. The Bertz CT molecular complexity index is 592. The Hall–Kier alpha value is -1.40. The summed E-state index contributed by atoms with van der Waals surface area (Å²) in [7, 11) is -3.31. The van der Waals surface area contributed by atoms with Gasteiger partial charge in [-0.2, -0.15) is 0 Å². The lowest BCUT2D eigenvalue weighted by atomic mass is 10.1. The van der Waals surface area contributed by atoms with E-state index in [1.165, 1.54) is 16.1 Å². The number of sulfonamides is 1. The molecule has 1 aromatic carbocycles. The molecule has 0 unspecified atom stereocenters. The van der Waals surface area contributed by atoms with E-state index in [4.69, 9.17) is 0 Å². The van der Waals surface area contributed by atoms with Crippen molar-refractivity contribution in [2.24, 2.45) is 0 Å². The van der Waals surface area contributed by atoms with Gasteiger partial charge in [0.2, 0.25) is 15.9 Å². The first kappa shape index (κ1) is 19.6. The van der Waals surface area contributed by atoms with Gasteiger partial charge < -0.3 is 5.32 Å². The van der Waals surface area contributed by atoms with Crippen LogP contribution >= 0.6 is 0 Å². The second kappa shape index (κ2) is 8.45. The summed E-state index contributed by atoms with van der Waals surface area (Å²) in [6.45, 7) is 6.35. The van der Waals surface area contributed by atoms with Crippen LogP contribution in [0.4, 0.5) is 0 Å². The van der Waals surface area contributed by atoms with Gasteiger partial charge in [0, 0.05) is 25.0 Å². The maximum atomic E-state index is 11.9. The second-order valence-electron chi connectivity index (χ2n) is 6.80. The predicted octanol–water partition coefficient (Wildman–Crippen LogP) is 2.19. The van der Waals surface area contributed by atoms with E-state index in [9.17, 15) is 13.2 Å². The van der Waals surface area contributed by atoms with Crippen LogP contribution in [0, 0.1) is 0 Å². The molecule has 5 nitrogen and oxygen atoms in total. The molecule has 23 heavy (non-hydrogen) atoms. The molecule has 0 radical (unpaired) electrons. The molecule has 1 N–H and O–H groups in total. The van der Waals surface area contributed by atoms with Crippen molar-refractivity contribution in [3.8, 4) is 0 Å². The van der Waals surface area contributed by atoms with Crippen LogP contribution in [-0.4, -0.2) is 43.5 Å². The third kappa shape index (κ3) is 8.71. The van der Waals surface area contributed by atoms with Crippen molar-refractivity contribution in [1.29, 1.82) is 0 Å². The Balaban J connectivity index is 2.49. The molecule has 1 amide bonds. The SMILES string of the molecule is CC(C)(C)NC(=O)CCN(CCCc1ccccc1)S(C)(=O)=O. The lowest BCUT2D eigenvalue weighted by molar-refractivity contribution is -0.122. The lowest BCUT2D eigenvalue weighted by Crippen LogP contribution is -2.42. The third-order valence-corrected chi connectivity index (χ3v) is 4.59. The fourth-order valence-corrected chi connectivity index (χ4v) is 3.14. The zero-order chi connectivity index (χ0) is 17.5. The van der Waals surface area contributed by atoms with Gasteiger partial charge in [-0.05, 0) is 39.2 Å². The standard InChI is InChI=1S/C17H28N2O3S/c1-17(2,3)18-16(20)12-14-19(23(4,21)22)13-8-11-15-9-6-5-7-10-15/h5-7,9-10H,8,11-14H2,1-4H3,(H,18,20). The van der Waals surface area contributed by atoms with Crippen molar-refractivity contribution in [1.82, 2.24) is 9.62 Å². The molecule has 0 aliphatic carbocycles. The van der Waals surface area contributed by atoms with Crippen LogP contribution in [0.5, 0.6) is 0 Å². The summed E-state index contributed by atoms with van der Waals surface area (Å²) in [5, 5.41) is 2.85. The van der Waals surface area contributed by atoms with Crippen LogP contribution in [0.15, 0.2) is 30.3 Å². The Morgan fingerprint density at radius 2 is 1.74 bits per heavy atom. The molecule has 0 saturated carbocycles. The molecule has 0 atom stereocenters. The number of rotatable bonds is 8. The van der Waals surface area contributed by atoms with Gasteiger partial charge in [0.15, 0.2) is 0 Å². The summed E-state index contributed by atoms with van der Waals surface area (Å²) in [6, 6.07) is 9.96. The predicted molar refractivity (Wildman–Crippen MR) is 93.7 cm³/mol. The highest BCUT2D eigenvalue weighted by Crippen LogP contribution is 2.07. The molecular weight excluding hydrogens is 312 g/mol. The van der Waals surface area contributed by atoms with Gasteiger partial charge in [-0.3, -0.25) is 4.79 Å². The molecule has 1 aromatic rings. The zero-order valence-electron chi connectivity index (χ0n) is 14.5. The minimum absolute atomic E-state index is 0.130. The normalized spacial score (nSPS) is 12.4. The molecule has 0 spiro atoms. The Labute approximate surface area is 140 Å². The van der Waals surface area contributed by atoms with Gasteiger partial charge in [-0.1, -0.05) is 30.3 Å². The molecule has 0 heterocycles. The number of amides is 1. The third-order valence-electron chi connectivity index (χ3n) is 3.29. The number of benzene rings is 1. The number of carbonyl (C=O) groups is 1. The number of hydrogen-bond donors (Lipinski definition) is 1. The number of hydrogen-bond acceptors (Lipinski definition) is 3. The maximum absolute atomic E-state index is 11.9. The zero-order valence-corrected chi connectivity index (χ0v) is 15.3. The van der Waals surface area contributed by atoms with Crippen LogP contribution in [0.25, 0.3) is 0 Å². The molecule has 130 valence electrons. The quantitative estimate of drug-likeness (QED) is 0.789. The molecule has 0 aliphatic heterocycles. The van der Waals surface area contributed by atoms with E-state index < -0.39 is 10.0 Å². The first-order valence-electron chi connectivity index (χ1n) is 7.88. The minimum atomic E-state index is -3.31. The van der Waals surface area contributed by atoms with Gasteiger partial charge in [0.25, 0.3) is 0 Å². The average molecular weight is 340 g/mol. The molecule has 0 aromatic heterocycles. The highest BCUT2D eigenvalue weighted by atomic mass is 32.2. The maximum Gasteiger partial charge on any atom is 0.221 e. The van der Waals surface area contributed by atoms with Gasteiger partial charge in [0.05, 0.1) is 6.26 Å². The molecule has 0 saturated heterocycles. The van der Waals surface area contributed by atoms with Crippen LogP contribution in [0.1, 0.15) is 39.2 Å². The molecule has 0 fully saturated rings. The number of carbonyl (C=O) groups excluding carboxylic acids is 1. The largest absolute Gasteiger partial charge is 0.351 e. The highest BCUT2D eigenvalue weighted by Gasteiger charge is 2.19. The number of nitrogens with zero attached hydrogens (tertiary/aromatic N) is 1. The molecule has 0 aliphatic rings. The number of nitrogens with one attached hydrogen (secondary N) is 1. The monoisotopic (exact) mass is 340 g/mol. The lowest BCUT2D eigenvalue weighted by Gasteiger charge is -2.23. The van der Waals surface area contributed by atoms with Crippen molar-refractivity contribution in [3.05, 3.63) is 35.9 Å². The Morgan fingerprint density at radius 3 is 2.26 bits per heavy atom. The summed E-state index contributed by atoms with van der Waals surface area (Å²) in [5.74, 6) is -0.130. The van der Waals surface area contributed by atoms with E-state index in [0.29, 0.717) is 6.54 Å². The average Bonchev–Trinajstić information content (AvgIpc) is 2.40. The Kier molecular flexibility index (Phi) is 7.22. The summed E-state index contributed by atoms with van der Waals surface area (Å²) >= 11 is 0. The summed E-state index contributed by atoms with van der Waals surface area (Å²) in [4.78, 5) is 11.9. The first-order chi connectivity index (χ1) is 10.6. The highest BCUT2D eigenvalue weighted by molar-refractivity contribution is 7.88. The van der Waals surface area contributed by atoms with Gasteiger partial charge in [-0.25, -0.2) is 12.7 Å². The van der Waals surface area contributed by atoms with Gasteiger partial charge >= 0.3 is 0 Å². The van der Waals surface area contributed by atoms with Crippen molar-refractivity contribution in [3.63, 3.8) is 0 Å². The molecule has 0 bridgehead atoms. The fraction of sp³-hybridized carbons (Fsp3) is 0.588. The summed E-state index contributed by atoms with van der Waals surface area (Å²) in [5.41, 5.74) is 0.881. The van der Waals surface area contributed by atoms with Crippen molar-refractivity contribution in [2.75, 3.05) is 19.3 Å². The fourth-order valence-electron chi connectivity index (χ4n) is 2.25. The van der Waals surface area contributed by atoms with Crippen LogP contribution in [0.3, 0.4) is 0 Å². The van der Waals surface area contributed by atoms with Crippen LogP contribution < -0.4 is 5.32 Å². The van der Waals surface area contributed by atoms with Crippen LogP contribution in [0.2, 0.25) is 0 Å². The van der Waals surface area contributed by atoms with E-state index in [0.717, 1.165) is 12.8 Å².